The molecule has 142 valence electrons. The third-order valence-electron chi connectivity index (χ3n) is 4.26. The SMILES string of the molecule is COC[C@@H](C)n1c(C)cc(C(=O)COC(=O)Cn2c(C)csc2=O)c1C. The summed E-state index contributed by atoms with van der Waals surface area (Å²) in [5.41, 5.74) is 2.99. The van der Waals surface area contributed by atoms with Crippen molar-refractivity contribution >= 4 is 23.1 Å². The Hall–Kier alpha value is -2.19. The second-order valence-electron chi connectivity index (χ2n) is 6.27. The van der Waals surface area contributed by atoms with Crippen LogP contribution in [0.2, 0.25) is 0 Å². The van der Waals surface area contributed by atoms with E-state index in [2.05, 4.69) is 0 Å². The first kappa shape index (κ1) is 20.1. The molecule has 2 aromatic heterocycles. The van der Waals surface area contributed by atoms with Gasteiger partial charge in [0.25, 0.3) is 0 Å². The number of aryl methyl sites for hydroxylation is 2. The number of ketones is 1. The minimum Gasteiger partial charge on any atom is -0.456 e. The molecule has 0 bridgehead atoms. The summed E-state index contributed by atoms with van der Waals surface area (Å²) < 4.78 is 13.6. The van der Waals surface area contributed by atoms with E-state index in [9.17, 15) is 14.4 Å². The lowest BCUT2D eigenvalue weighted by molar-refractivity contribution is -0.143. The Labute approximate surface area is 156 Å². The first-order valence-electron chi connectivity index (χ1n) is 8.27. The van der Waals surface area contributed by atoms with Crippen LogP contribution in [0.5, 0.6) is 0 Å². The van der Waals surface area contributed by atoms with E-state index in [4.69, 9.17) is 9.47 Å². The molecule has 0 saturated carbocycles. The summed E-state index contributed by atoms with van der Waals surface area (Å²) in [7, 11) is 1.64. The van der Waals surface area contributed by atoms with Gasteiger partial charge in [0.1, 0.15) is 6.54 Å². The molecule has 0 aliphatic rings. The minimum atomic E-state index is -0.608. The number of aromatic nitrogens is 2. The number of ether oxygens (including phenoxy) is 2. The van der Waals surface area contributed by atoms with Crippen LogP contribution in [0.1, 0.15) is 40.4 Å². The van der Waals surface area contributed by atoms with Gasteiger partial charge in [-0.05, 0) is 33.8 Å². The fourth-order valence-electron chi connectivity index (χ4n) is 3.05. The largest absolute Gasteiger partial charge is 0.456 e. The van der Waals surface area contributed by atoms with Gasteiger partial charge in [0, 0.05) is 35.1 Å². The lowest BCUT2D eigenvalue weighted by atomic mass is 10.1. The molecule has 1 atom stereocenters. The van der Waals surface area contributed by atoms with Crippen molar-refractivity contribution in [2.75, 3.05) is 20.3 Å². The van der Waals surface area contributed by atoms with Crippen LogP contribution in [-0.4, -0.2) is 41.2 Å². The molecule has 0 amide bonds. The Morgan fingerprint density at radius 3 is 2.50 bits per heavy atom. The van der Waals surface area contributed by atoms with Gasteiger partial charge < -0.3 is 14.0 Å². The van der Waals surface area contributed by atoms with Gasteiger partial charge in [-0.3, -0.25) is 19.0 Å². The average Bonchev–Trinajstić information content (AvgIpc) is 3.06. The Morgan fingerprint density at radius 2 is 1.92 bits per heavy atom. The zero-order valence-corrected chi connectivity index (χ0v) is 16.5. The molecule has 2 heterocycles. The quantitative estimate of drug-likeness (QED) is 0.518. The van der Waals surface area contributed by atoms with Gasteiger partial charge in [-0.25, -0.2) is 0 Å². The smallest absolute Gasteiger partial charge is 0.326 e. The number of Topliss-reactive ketones (excluding diaryl/α,β-unsaturated/α-hetero) is 1. The van der Waals surface area contributed by atoms with Crippen molar-refractivity contribution in [1.29, 1.82) is 0 Å². The molecule has 0 saturated heterocycles. The maximum atomic E-state index is 12.5. The number of methoxy groups -OCH3 is 1. The van der Waals surface area contributed by atoms with E-state index in [0.29, 0.717) is 17.9 Å². The van der Waals surface area contributed by atoms with E-state index < -0.39 is 5.97 Å². The fourth-order valence-corrected chi connectivity index (χ4v) is 3.78. The summed E-state index contributed by atoms with van der Waals surface area (Å²) in [6.45, 7) is 7.54. The van der Waals surface area contributed by atoms with Gasteiger partial charge in [-0.15, -0.1) is 0 Å². The lowest BCUT2D eigenvalue weighted by Crippen LogP contribution is -2.24. The summed E-state index contributed by atoms with van der Waals surface area (Å²) in [5, 5.41) is 1.68. The fraction of sp³-hybridized carbons (Fsp3) is 0.500. The van der Waals surface area contributed by atoms with Crippen molar-refractivity contribution in [3.8, 4) is 0 Å². The Balaban J connectivity index is 2.03. The van der Waals surface area contributed by atoms with Crippen LogP contribution >= 0.6 is 11.3 Å². The molecule has 2 aromatic rings. The van der Waals surface area contributed by atoms with Gasteiger partial charge in [-0.1, -0.05) is 11.3 Å². The number of esters is 1. The number of nitrogens with zero attached hydrogens (tertiary/aromatic N) is 2. The van der Waals surface area contributed by atoms with Crippen LogP contribution in [0.15, 0.2) is 16.2 Å². The van der Waals surface area contributed by atoms with Gasteiger partial charge in [0.2, 0.25) is 5.78 Å². The van der Waals surface area contributed by atoms with E-state index in [1.165, 1.54) is 4.57 Å². The van der Waals surface area contributed by atoms with Crippen molar-refractivity contribution in [3.63, 3.8) is 0 Å². The normalized spacial score (nSPS) is 12.2. The van der Waals surface area contributed by atoms with Crippen molar-refractivity contribution in [1.82, 2.24) is 9.13 Å². The highest BCUT2D eigenvalue weighted by molar-refractivity contribution is 7.07. The summed E-state index contributed by atoms with van der Waals surface area (Å²) in [6.07, 6.45) is 0. The zero-order chi connectivity index (χ0) is 19.4. The molecule has 0 radical (unpaired) electrons. The number of thiazole rings is 1. The third kappa shape index (κ3) is 4.31. The van der Waals surface area contributed by atoms with Crippen LogP contribution in [-0.2, 0) is 20.8 Å². The Morgan fingerprint density at radius 1 is 1.23 bits per heavy atom. The van der Waals surface area contributed by atoms with Crippen LogP contribution < -0.4 is 4.87 Å². The van der Waals surface area contributed by atoms with Crippen molar-refractivity contribution in [2.45, 2.75) is 40.3 Å². The molecule has 0 aliphatic carbocycles. The van der Waals surface area contributed by atoms with Crippen LogP contribution in [0, 0.1) is 20.8 Å². The molecule has 26 heavy (non-hydrogen) atoms. The van der Waals surface area contributed by atoms with E-state index in [0.717, 1.165) is 22.7 Å². The maximum absolute atomic E-state index is 12.5. The molecular formula is C18H24N2O5S. The Bertz CT molecular complexity index is 862. The van der Waals surface area contributed by atoms with Gasteiger partial charge in [0.15, 0.2) is 6.61 Å². The topological polar surface area (TPSA) is 79.5 Å². The van der Waals surface area contributed by atoms with Crippen LogP contribution in [0.25, 0.3) is 0 Å². The molecule has 7 nitrogen and oxygen atoms in total. The summed E-state index contributed by atoms with van der Waals surface area (Å²) in [5.74, 6) is -0.875. The number of hydrogen-bond donors (Lipinski definition) is 0. The first-order valence-corrected chi connectivity index (χ1v) is 9.15. The molecule has 0 aromatic carbocycles. The Kier molecular flexibility index (Phi) is 6.55. The molecule has 0 N–H and O–H groups in total. The lowest BCUT2D eigenvalue weighted by Gasteiger charge is -2.17. The van der Waals surface area contributed by atoms with Crippen molar-refractivity contribution < 1.29 is 19.1 Å². The van der Waals surface area contributed by atoms with E-state index >= 15 is 0 Å². The molecule has 8 heteroatoms. The second-order valence-corrected chi connectivity index (χ2v) is 7.09. The molecule has 0 fully saturated rings. The number of hydrogen-bond acceptors (Lipinski definition) is 6. The summed E-state index contributed by atoms with van der Waals surface area (Å²) in [4.78, 5) is 35.8. The monoisotopic (exact) mass is 380 g/mol. The maximum Gasteiger partial charge on any atom is 0.326 e. The average molecular weight is 380 g/mol. The molecule has 0 aliphatic heterocycles. The molecular weight excluding hydrogens is 356 g/mol. The van der Waals surface area contributed by atoms with Crippen molar-refractivity contribution in [2.24, 2.45) is 0 Å². The third-order valence-corrected chi connectivity index (χ3v) is 5.14. The van der Waals surface area contributed by atoms with E-state index in [-0.39, 0.29) is 29.8 Å². The number of carbonyl (C=O) groups excluding carboxylic acids is 2. The van der Waals surface area contributed by atoms with Gasteiger partial charge in [-0.2, -0.15) is 0 Å². The molecule has 0 unspecified atom stereocenters. The van der Waals surface area contributed by atoms with Crippen molar-refractivity contribution in [3.05, 3.63) is 43.8 Å². The predicted molar refractivity (Wildman–Crippen MR) is 99.1 cm³/mol. The molecule has 2 rings (SSSR count). The van der Waals surface area contributed by atoms with Gasteiger partial charge in [0.05, 0.1) is 12.6 Å². The predicted octanol–water partition coefficient (Wildman–Crippen LogP) is 2.27. The highest BCUT2D eigenvalue weighted by atomic mass is 32.1. The first-order chi connectivity index (χ1) is 12.3. The summed E-state index contributed by atoms with van der Waals surface area (Å²) >= 11 is 1.03. The highest BCUT2D eigenvalue weighted by Crippen LogP contribution is 2.21. The van der Waals surface area contributed by atoms with Gasteiger partial charge >= 0.3 is 10.8 Å². The summed E-state index contributed by atoms with van der Waals surface area (Å²) in [6, 6.07) is 1.89. The standard InChI is InChI=1S/C18H24N2O5S/c1-11-6-15(14(4)20(11)12(2)8-24-5)16(21)9-25-17(22)7-19-13(3)10-26-18(19)23/h6,10,12H,7-9H2,1-5H3/t12-/m1/s1. The molecule has 0 spiro atoms. The minimum absolute atomic E-state index is 0.0949. The van der Waals surface area contributed by atoms with Crippen LogP contribution in [0.3, 0.4) is 0 Å². The second kappa shape index (κ2) is 8.46. The van der Waals surface area contributed by atoms with Crippen LogP contribution in [0.4, 0.5) is 0 Å². The van der Waals surface area contributed by atoms with E-state index in [1.807, 2.05) is 25.3 Å². The zero-order valence-electron chi connectivity index (χ0n) is 15.7. The number of rotatable bonds is 8. The van der Waals surface area contributed by atoms with E-state index in [1.54, 1.807) is 25.5 Å². The number of carbonyl (C=O) groups is 2. The highest BCUT2D eigenvalue weighted by Gasteiger charge is 2.20.